The zero-order valence-electron chi connectivity index (χ0n) is 11.7. The molecule has 1 heterocycles. The number of thiazole rings is 1. The number of halogens is 1. The van der Waals surface area contributed by atoms with Gasteiger partial charge in [0.25, 0.3) is 5.91 Å². The third kappa shape index (κ3) is 3.41. The fourth-order valence-corrected chi connectivity index (χ4v) is 2.88. The van der Waals surface area contributed by atoms with Crippen molar-refractivity contribution in [3.8, 4) is 5.75 Å². The maximum absolute atomic E-state index is 12.1. The second kappa shape index (κ2) is 6.23. The molecule has 23 heavy (non-hydrogen) atoms. The van der Waals surface area contributed by atoms with Gasteiger partial charge in [0, 0.05) is 5.56 Å². The first-order valence-electron chi connectivity index (χ1n) is 6.51. The van der Waals surface area contributed by atoms with Crippen LogP contribution in [0, 0.1) is 0 Å². The van der Waals surface area contributed by atoms with Crippen LogP contribution in [0.1, 0.15) is 15.9 Å². The number of nitrogens with zero attached hydrogens (tertiary/aromatic N) is 2. The molecule has 1 aromatic heterocycles. The quantitative estimate of drug-likeness (QED) is 0.501. The van der Waals surface area contributed by atoms with Gasteiger partial charge < -0.3 is 10.8 Å². The third-order valence-corrected chi connectivity index (χ3v) is 4.17. The van der Waals surface area contributed by atoms with E-state index in [9.17, 15) is 9.90 Å². The van der Waals surface area contributed by atoms with Crippen molar-refractivity contribution in [1.29, 1.82) is 0 Å². The number of anilines is 1. The molecule has 116 valence electrons. The average molecular weight is 347 g/mol. The van der Waals surface area contributed by atoms with Crippen molar-refractivity contribution >= 4 is 50.4 Å². The number of hydrogen-bond acceptors (Lipinski definition) is 6. The molecule has 0 saturated carbocycles. The van der Waals surface area contributed by atoms with E-state index in [0.717, 1.165) is 10.2 Å². The predicted octanol–water partition coefficient (Wildman–Crippen LogP) is 3.00. The van der Waals surface area contributed by atoms with Gasteiger partial charge in [0.2, 0.25) is 0 Å². The minimum atomic E-state index is -0.347. The summed E-state index contributed by atoms with van der Waals surface area (Å²) in [5.74, 6) is -0.356. The van der Waals surface area contributed by atoms with Crippen LogP contribution < -0.4 is 11.2 Å². The Hall–Kier alpha value is -2.64. The number of phenolic OH excluding ortho intramolecular Hbond substituents is 1. The molecular formula is C15H11ClN4O2S. The summed E-state index contributed by atoms with van der Waals surface area (Å²) in [5.41, 5.74) is 9.94. The van der Waals surface area contributed by atoms with Crippen LogP contribution in [0.15, 0.2) is 41.5 Å². The number of hydrazone groups is 1. The number of benzene rings is 2. The highest BCUT2D eigenvalue weighted by molar-refractivity contribution is 7.22. The standard InChI is InChI=1S/C15H11ClN4O2S/c16-10-5-8(1-4-12(10)21)7-18-20-14(22)9-2-3-11-13(6-9)23-15(17)19-11/h1-7,21H,(H2,17,19)(H,20,22)/b18-7-. The number of aromatic nitrogens is 1. The molecule has 8 heteroatoms. The SMILES string of the molecule is Nc1nc2ccc(C(=O)N/N=C\c3ccc(O)c(Cl)c3)cc2s1. The molecule has 0 aliphatic rings. The Labute approximate surface area is 140 Å². The van der Waals surface area contributed by atoms with E-state index in [1.54, 1.807) is 30.3 Å². The molecule has 0 unspecified atom stereocenters. The Morgan fingerprint density at radius 1 is 1.35 bits per heavy atom. The highest BCUT2D eigenvalue weighted by Gasteiger charge is 2.08. The molecule has 2 aromatic carbocycles. The lowest BCUT2D eigenvalue weighted by atomic mass is 10.2. The Balaban J connectivity index is 1.72. The first-order chi connectivity index (χ1) is 11.0. The first-order valence-corrected chi connectivity index (χ1v) is 7.70. The number of nitrogens with two attached hydrogens (primary N) is 1. The number of carbonyl (C=O) groups excluding carboxylic acids is 1. The van der Waals surface area contributed by atoms with E-state index in [1.165, 1.54) is 23.6 Å². The van der Waals surface area contributed by atoms with Crippen LogP contribution in [0.5, 0.6) is 5.75 Å². The topological polar surface area (TPSA) is 101 Å². The molecule has 0 aliphatic carbocycles. The van der Waals surface area contributed by atoms with Crippen molar-refractivity contribution in [2.45, 2.75) is 0 Å². The number of amides is 1. The van der Waals surface area contributed by atoms with Gasteiger partial charge in [-0.3, -0.25) is 4.79 Å². The fourth-order valence-electron chi connectivity index (χ4n) is 1.92. The number of hydrogen-bond donors (Lipinski definition) is 3. The third-order valence-electron chi connectivity index (χ3n) is 3.02. The van der Waals surface area contributed by atoms with Crippen molar-refractivity contribution in [1.82, 2.24) is 10.4 Å². The van der Waals surface area contributed by atoms with Crippen LogP contribution in [0.3, 0.4) is 0 Å². The zero-order valence-corrected chi connectivity index (χ0v) is 13.2. The lowest BCUT2D eigenvalue weighted by Gasteiger charge is -2.00. The minimum absolute atomic E-state index is 0.00927. The van der Waals surface area contributed by atoms with E-state index in [0.29, 0.717) is 16.3 Å². The maximum Gasteiger partial charge on any atom is 0.271 e. The summed E-state index contributed by atoms with van der Waals surface area (Å²) in [6, 6.07) is 9.73. The predicted molar refractivity (Wildman–Crippen MR) is 92.2 cm³/mol. The maximum atomic E-state index is 12.1. The van der Waals surface area contributed by atoms with Crippen molar-refractivity contribution < 1.29 is 9.90 Å². The van der Waals surface area contributed by atoms with Crippen LogP contribution >= 0.6 is 22.9 Å². The molecule has 0 spiro atoms. The molecule has 1 amide bonds. The summed E-state index contributed by atoms with van der Waals surface area (Å²) in [7, 11) is 0. The van der Waals surface area contributed by atoms with E-state index < -0.39 is 0 Å². The summed E-state index contributed by atoms with van der Waals surface area (Å²) < 4.78 is 0.837. The second-order valence-corrected chi connectivity index (χ2v) is 6.11. The normalized spacial score (nSPS) is 11.2. The van der Waals surface area contributed by atoms with Gasteiger partial charge in [-0.25, -0.2) is 10.4 Å². The molecule has 6 nitrogen and oxygen atoms in total. The number of nitrogen functional groups attached to an aromatic ring is 1. The zero-order chi connectivity index (χ0) is 16.4. The summed E-state index contributed by atoms with van der Waals surface area (Å²) in [6.07, 6.45) is 1.44. The molecule has 0 fully saturated rings. The number of aromatic hydroxyl groups is 1. The van der Waals surface area contributed by atoms with Crippen molar-refractivity contribution in [3.63, 3.8) is 0 Å². The molecule has 0 atom stereocenters. The molecule has 3 aromatic rings. The highest BCUT2D eigenvalue weighted by Crippen LogP contribution is 2.24. The molecule has 0 bridgehead atoms. The van der Waals surface area contributed by atoms with Gasteiger partial charge in [0.05, 0.1) is 21.5 Å². The number of phenols is 1. The van der Waals surface area contributed by atoms with Crippen LogP contribution in [-0.2, 0) is 0 Å². The van der Waals surface area contributed by atoms with Gasteiger partial charge in [-0.05, 0) is 42.0 Å². The number of fused-ring (bicyclic) bond motifs is 1. The second-order valence-electron chi connectivity index (χ2n) is 4.64. The monoisotopic (exact) mass is 346 g/mol. The Morgan fingerprint density at radius 3 is 2.96 bits per heavy atom. The smallest absolute Gasteiger partial charge is 0.271 e. The van der Waals surface area contributed by atoms with Crippen LogP contribution in [0.2, 0.25) is 5.02 Å². The molecule has 0 aliphatic heterocycles. The summed E-state index contributed by atoms with van der Waals surface area (Å²) in [4.78, 5) is 16.2. The van der Waals surface area contributed by atoms with Gasteiger partial charge in [-0.2, -0.15) is 5.10 Å². The van der Waals surface area contributed by atoms with E-state index >= 15 is 0 Å². The van der Waals surface area contributed by atoms with Crippen LogP contribution in [0.4, 0.5) is 5.13 Å². The van der Waals surface area contributed by atoms with Gasteiger partial charge in [-0.15, -0.1) is 0 Å². The summed E-state index contributed by atoms with van der Waals surface area (Å²) in [6.45, 7) is 0. The molecule has 4 N–H and O–H groups in total. The number of nitrogens with one attached hydrogen (secondary N) is 1. The van der Waals surface area contributed by atoms with E-state index in [4.69, 9.17) is 17.3 Å². The molecule has 0 saturated heterocycles. The van der Waals surface area contributed by atoms with Gasteiger partial charge >= 0.3 is 0 Å². The van der Waals surface area contributed by atoms with E-state index in [-0.39, 0.29) is 16.7 Å². The number of carbonyl (C=O) groups is 1. The largest absolute Gasteiger partial charge is 0.506 e. The Morgan fingerprint density at radius 2 is 2.17 bits per heavy atom. The van der Waals surface area contributed by atoms with E-state index in [2.05, 4.69) is 15.5 Å². The van der Waals surface area contributed by atoms with Crippen molar-refractivity contribution in [2.75, 3.05) is 5.73 Å². The van der Waals surface area contributed by atoms with E-state index in [1.807, 2.05) is 0 Å². The van der Waals surface area contributed by atoms with Crippen LogP contribution in [-0.4, -0.2) is 22.2 Å². The van der Waals surface area contributed by atoms with Gasteiger partial charge in [0.15, 0.2) is 5.13 Å². The highest BCUT2D eigenvalue weighted by atomic mass is 35.5. The first kappa shape index (κ1) is 15.3. The van der Waals surface area contributed by atoms with Gasteiger partial charge in [0.1, 0.15) is 5.75 Å². The van der Waals surface area contributed by atoms with Gasteiger partial charge in [-0.1, -0.05) is 22.9 Å². The Bertz CT molecular complexity index is 923. The van der Waals surface area contributed by atoms with Crippen LogP contribution in [0.25, 0.3) is 10.2 Å². The summed E-state index contributed by atoms with van der Waals surface area (Å²) in [5, 5.41) is 13.9. The van der Waals surface area contributed by atoms with Crippen molar-refractivity contribution in [3.05, 3.63) is 52.5 Å². The lowest BCUT2D eigenvalue weighted by Crippen LogP contribution is -2.17. The van der Waals surface area contributed by atoms with Crippen molar-refractivity contribution in [2.24, 2.45) is 5.10 Å². The fraction of sp³-hybridized carbons (Fsp3) is 0. The average Bonchev–Trinajstić information content (AvgIpc) is 2.89. The molecule has 3 rings (SSSR count). The number of rotatable bonds is 3. The molecule has 0 radical (unpaired) electrons. The summed E-state index contributed by atoms with van der Waals surface area (Å²) >= 11 is 7.11. The lowest BCUT2D eigenvalue weighted by molar-refractivity contribution is 0.0955. The molecular weight excluding hydrogens is 336 g/mol. The minimum Gasteiger partial charge on any atom is -0.506 e. The Kier molecular flexibility index (Phi) is 4.14.